The summed E-state index contributed by atoms with van der Waals surface area (Å²) in [6, 6.07) is 0. The molecule has 0 aromatic heterocycles. The highest BCUT2D eigenvalue weighted by Crippen LogP contribution is 2.48. The van der Waals surface area contributed by atoms with Gasteiger partial charge >= 0.3 is 0 Å². The Morgan fingerprint density at radius 2 is 2.07 bits per heavy atom. The molecule has 1 heterocycles. The molecule has 5 atom stereocenters. The Hall–Kier alpha value is -1.17. The lowest BCUT2D eigenvalue weighted by molar-refractivity contribution is -0.135. The van der Waals surface area contributed by atoms with Gasteiger partial charge in [-0.15, -0.1) is 0 Å². The maximum atomic E-state index is 12.2. The zero-order valence-corrected chi connectivity index (χ0v) is 18.7. The van der Waals surface area contributed by atoms with Crippen LogP contribution in [0.1, 0.15) is 71.1 Å². The highest BCUT2D eigenvalue weighted by Gasteiger charge is 2.43. The van der Waals surface area contributed by atoms with E-state index in [0.29, 0.717) is 31.5 Å². The summed E-state index contributed by atoms with van der Waals surface area (Å²) in [5.41, 5.74) is 1.50. The number of morpholine rings is 1. The Kier molecular flexibility index (Phi) is 9.41. The number of hydrogen-bond donors (Lipinski definition) is 2. The summed E-state index contributed by atoms with van der Waals surface area (Å²) < 4.78 is 5.31. The van der Waals surface area contributed by atoms with Crippen LogP contribution in [0.25, 0.3) is 0 Å². The molecule has 0 unspecified atom stereocenters. The van der Waals surface area contributed by atoms with Crippen LogP contribution >= 0.6 is 0 Å². The minimum absolute atomic E-state index is 0.160. The number of amides is 1. The molecule has 0 bridgehead atoms. The number of unbranched alkanes of at least 4 members (excludes halogenated alkanes) is 3. The van der Waals surface area contributed by atoms with Crippen molar-refractivity contribution in [1.29, 1.82) is 0 Å². The molecular formula is C25H41NO4. The van der Waals surface area contributed by atoms with Gasteiger partial charge in [-0.1, -0.05) is 50.0 Å². The van der Waals surface area contributed by atoms with E-state index in [9.17, 15) is 15.0 Å². The minimum atomic E-state index is -0.388. The van der Waals surface area contributed by atoms with Crippen molar-refractivity contribution in [2.24, 2.45) is 17.8 Å². The topological polar surface area (TPSA) is 70.0 Å². The summed E-state index contributed by atoms with van der Waals surface area (Å²) in [7, 11) is 0. The summed E-state index contributed by atoms with van der Waals surface area (Å²) in [4.78, 5) is 14.2. The first kappa shape index (κ1) is 23.5. The van der Waals surface area contributed by atoms with Crippen molar-refractivity contribution in [2.45, 2.75) is 83.3 Å². The van der Waals surface area contributed by atoms with E-state index in [1.165, 1.54) is 5.57 Å². The van der Waals surface area contributed by atoms with Crippen LogP contribution in [0, 0.1) is 17.8 Å². The molecule has 170 valence electrons. The van der Waals surface area contributed by atoms with Crippen molar-refractivity contribution in [2.75, 3.05) is 26.3 Å². The molecule has 30 heavy (non-hydrogen) atoms. The summed E-state index contributed by atoms with van der Waals surface area (Å²) >= 11 is 0. The van der Waals surface area contributed by atoms with Gasteiger partial charge in [-0.2, -0.15) is 0 Å². The number of ether oxygens (including phenoxy) is 1. The Labute approximate surface area is 182 Å². The van der Waals surface area contributed by atoms with E-state index in [-0.39, 0.29) is 24.0 Å². The van der Waals surface area contributed by atoms with Crippen molar-refractivity contribution in [3.05, 3.63) is 23.8 Å². The number of aliphatic hydroxyl groups is 2. The standard InChI is InChI=1S/C25H41NO4/c1-2-3-4-8-21(27)10-11-22-23-17-19(16-20(23)18-24(22)28)7-5-6-9-25(29)26-12-14-30-15-13-26/h10-11,16,20-24,27-28H,2-9,12-15,17-18H2,1H3/t20-,21-,22+,23-,24+/m0/s1. The molecule has 1 saturated heterocycles. The molecule has 1 aliphatic heterocycles. The molecule has 1 amide bonds. The molecule has 2 aliphatic carbocycles. The first-order valence-electron chi connectivity index (χ1n) is 12.2. The quantitative estimate of drug-likeness (QED) is 0.394. The van der Waals surface area contributed by atoms with Crippen molar-refractivity contribution in [3.8, 4) is 0 Å². The van der Waals surface area contributed by atoms with Crippen molar-refractivity contribution >= 4 is 5.91 Å². The highest BCUT2D eigenvalue weighted by atomic mass is 16.5. The first-order valence-corrected chi connectivity index (χ1v) is 12.2. The third-order valence-corrected chi connectivity index (χ3v) is 7.11. The lowest BCUT2D eigenvalue weighted by Crippen LogP contribution is -2.40. The maximum absolute atomic E-state index is 12.2. The fraction of sp³-hybridized carbons (Fsp3) is 0.800. The molecular weight excluding hydrogens is 378 g/mol. The number of rotatable bonds is 11. The molecule has 2 N–H and O–H groups in total. The van der Waals surface area contributed by atoms with Crippen LogP contribution < -0.4 is 0 Å². The Bertz CT molecular complexity index is 596. The minimum Gasteiger partial charge on any atom is -0.392 e. The van der Waals surface area contributed by atoms with E-state index < -0.39 is 0 Å². The van der Waals surface area contributed by atoms with Crippen LogP contribution in [0.5, 0.6) is 0 Å². The number of carbonyl (C=O) groups excluding carboxylic acids is 1. The van der Waals surface area contributed by atoms with E-state index in [1.54, 1.807) is 0 Å². The second-order valence-corrected chi connectivity index (χ2v) is 9.39. The zero-order valence-electron chi connectivity index (χ0n) is 18.7. The molecule has 2 fully saturated rings. The van der Waals surface area contributed by atoms with Crippen molar-refractivity contribution < 1.29 is 19.7 Å². The predicted octanol–water partition coefficient (Wildman–Crippen LogP) is 3.85. The average Bonchev–Trinajstić information content (AvgIpc) is 3.26. The summed E-state index contributed by atoms with van der Waals surface area (Å²) in [5, 5.41) is 20.7. The SMILES string of the molecule is CCCCC[C@H](O)C=C[C@@H]1[C@H]2CC(CCCCC(=O)N3CCOCC3)=C[C@H]2C[C@H]1O. The van der Waals surface area contributed by atoms with Gasteiger partial charge in [0.1, 0.15) is 0 Å². The van der Waals surface area contributed by atoms with Gasteiger partial charge in [-0.25, -0.2) is 0 Å². The van der Waals surface area contributed by atoms with E-state index in [0.717, 1.165) is 70.9 Å². The highest BCUT2D eigenvalue weighted by molar-refractivity contribution is 5.76. The van der Waals surface area contributed by atoms with Gasteiger partial charge in [0.05, 0.1) is 25.4 Å². The number of fused-ring (bicyclic) bond motifs is 1. The number of carbonyl (C=O) groups is 1. The summed E-state index contributed by atoms with van der Waals surface area (Å²) in [5.74, 6) is 1.37. The molecule has 5 heteroatoms. The molecule has 5 nitrogen and oxygen atoms in total. The van der Waals surface area contributed by atoms with E-state index >= 15 is 0 Å². The van der Waals surface area contributed by atoms with E-state index in [4.69, 9.17) is 4.74 Å². The monoisotopic (exact) mass is 419 g/mol. The molecule has 1 saturated carbocycles. The van der Waals surface area contributed by atoms with Crippen molar-refractivity contribution in [1.82, 2.24) is 4.90 Å². The smallest absolute Gasteiger partial charge is 0.222 e. The molecule has 3 aliphatic rings. The van der Waals surface area contributed by atoms with Gasteiger partial charge < -0.3 is 19.8 Å². The number of hydrogen-bond acceptors (Lipinski definition) is 4. The van der Waals surface area contributed by atoms with Gasteiger partial charge in [0.2, 0.25) is 5.91 Å². The number of nitrogens with zero attached hydrogens (tertiary/aromatic N) is 1. The third-order valence-electron chi connectivity index (χ3n) is 7.11. The van der Waals surface area contributed by atoms with Crippen LogP contribution in [-0.4, -0.2) is 59.5 Å². The van der Waals surface area contributed by atoms with Crippen LogP contribution in [0.3, 0.4) is 0 Å². The largest absolute Gasteiger partial charge is 0.392 e. The van der Waals surface area contributed by atoms with Gasteiger partial charge in [-0.05, 0) is 50.4 Å². The van der Waals surface area contributed by atoms with Crippen LogP contribution in [0.4, 0.5) is 0 Å². The maximum Gasteiger partial charge on any atom is 0.222 e. The average molecular weight is 420 g/mol. The number of allylic oxidation sites excluding steroid dienone is 2. The van der Waals surface area contributed by atoms with Crippen molar-refractivity contribution in [3.63, 3.8) is 0 Å². The fourth-order valence-corrected chi connectivity index (χ4v) is 5.35. The van der Waals surface area contributed by atoms with Gasteiger partial charge in [0.15, 0.2) is 0 Å². The fourth-order valence-electron chi connectivity index (χ4n) is 5.35. The normalized spacial score (nSPS) is 30.0. The Morgan fingerprint density at radius 3 is 2.83 bits per heavy atom. The van der Waals surface area contributed by atoms with Crippen LogP contribution in [0.15, 0.2) is 23.8 Å². The van der Waals surface area contributed by atoms with Crippen LogP contribution in [-0.2, 0) is 9.53 Å². The van der Waals surface area contributed by atoms with Gasteiger partial charge in [-0.3, -0.25) is 4.79 Å². The van der Waals surface area contributed by atoms with Crippen LogP contribution in [0.2, 0.25) is 0 Å². The number of aliphatic hydroxyl groups excluding tert-OH is 2. The predicted molar refractivity (Wildman–Crippen MR) is 119 cm³/mol. The molecule has 0 spiro atoms. The lowest BCUT2D eigenvalue weighted by atomic mass is 9.88. The van der Waals surface area contributed by atoms with E-state index in [2.05, 4.69) is 19.1 Å². The molecule has 0 aromatic carbocycles. The Balaban J connectivity index is 1.37. The second-order valence-electron chi connectivity index (χ2n) is 9.39. The molecule has 0 aromatic rings. The second kappa shape index (κ2) is 12.0. The summed E-state index contributed by atoms with van der Waals surface area (Å²) in [6.07, 6.45) is 15.5. The molecule has 0 radical (unpaired) electrons. The lowest BCUT2D eigenvalue weighted by Gasteiger charge is -2.26. The van der Waals surface area contributed by atoms with Gasteiger partial charge in [0.25, 0.3) is 0 Å². The first-order chi connectivity index (χ1) is 14.6. The van der Waals surface area contributed by atoms with Gasteiger partial charge in [0, 0.05) is 25.4 Å². The zero-order chi connectivity index (χ0) is 21.3. The molecule has 3 rings (SSSR count). The third kappa shape index (κ3) is 6.66. The summed E-state index contributed by atoms with van der Waals surface area (Å²) in [6.45, 7) is 4.97. The van der Waals surface area contributed by atoms with E-state index in [1.807, 2.05) is 11.0 Å². The Morgan fingerprint density at radius 1 is 1.27 bits per heavy atom.